The molecule has 2 aromatic rings. The molecule has 0 heterocycles. The molecule has 0 bridgehead atoms. The molecule has 1 amide bonds. The molecule has 0 unspecified atom stereocenters. The van der Waals surface area contributed by atoms with Gasteiger partial charge in [0.2, 0.25) is 0 Å². The smallest absolute Gasteiger partial charge is 0.251 e. The van der Waals surface area contributed by atoms with Gasteiger partial charge in [-0.1, -0.05) is 69.3 Å². The van der Waals surface area contributed by atoms with Crippen molar-refractivity contribution in [3.63, 3.8) is 0 Å². The molecule has 0 aromatic heterocycles. The van der Waals surface area contributed by atoms with Gasteiger partial charge in [0.05, 0.1) is 12.6 Å². The molecular weight excluding hydrogens is 284 g/mol. The molecule has 0 aliphatic rings. The van der Waals surface area contributed by atoms with E-state index in [-0.39, 0.29) is 17.4 Å². The summed E-state index contributed by atoms with van der Waals surface area (Å²) in [5.41, 5.74) is 2.97. The van der Waals surface area contributed by atoms with Gasteiger partial charge in [-0.25, -0.2) is 4.85 Å². The highest BCUT2D eigenvalue weighted by molar-refractivity contribution is 5.95. The molecule has 3 heteroatoms. The van der Waals surface area contributed by atoms with Crippen LogP contribution in [0.25, 0.3) is 4.85 Å². The van der Waals surface area contributed by atoms with Gasteiger partial charge in [-0.15, -0.1) is 0 Å². The SMILES string of the molecule is [C-]#[N+]c1ccc(C(=O)N[C@H](C)c2ccccc2)cc1C(C)(C)C. The number of hydrogen-bond acceptors (Lipinski definition) is 1. The largest absolute Gasteiger partial charge is 0.346 e. The number of hydrogen-bond donors (Lipinski definition) is 1. The Morgan fingerprint density at radius 3 is 2.35 bits per heavy atom. The van der Waals surface area contributed by atoms with E-state index in [0.29, 0.717) is 11.3 Å². The van der Waals surface area contributed by atoms with Crippen molar-refractivity contribution < 1.29 is 4.79 Å². The first-order valence-corrected chi connectivity index (χ1v) is 7.70. The second kappa shape index (κ2) is 6.66. The summed E-state index contributed by atoms with van der Waals surface area (Å²) in [6.45, 7) is 15.4. The summed E-state index contributed by atoms with van der Waals surface area (Å²) in [4.78, 5) is 16.1. The van der Waals surface area contributed by atoms with Gasteiger partial charge < -0.3 is 5.32 Å². The third kappa shape index (κ3) is 3.98. The van der Waals surface area contributed by atoms with Crippen LogP contribution in [0.3, 0.4) is 0 Å². The lowest BCUT2D eigenvalue weighted by Crippen LogP contribution is -2.27. The molecule has 0 aliphatic heterocycles. The van der Waals surface area contributed by atoms with Gasteiger partial charge in [0.15, 0.2) is 5.69 Å². The summed E-state index contributed by atoms with van der Waals surface area (Å²) in [5.74, 6) is -0.122. The van der Waals surface area contributed by atoms with Gasteiger partial charge in [-0.05, 0) is 23.5 Å². The van der Waals surface area contributed by atoms with Gasteiger partial charge >= 0.3 is 0 Å². The minimum Gasteiger partial charge on any atom is -0.346 e. The molecule has 0 fully saturated rings. The molecule has 3 nitrogen and oxygen atoms in total. The lowest BCUT2D eigenvalue weighted by Gasteiger charge is -2.22. The Morgan fingerprint density at radius 1 is 1.13 bits per heavy atom. The second-order valence-electron chi connectivity index (χ2n) is 6.70. The Morgan fingerprint density at radius 2 is 1.78 bits per heavy atom. The molecule has 0 radical (unpaired) electrons. The maximum Gasteiger partial charge on any atom is 0.251 e. The van der Waals surface area contributed by atoms with E-state index >= 15 is 0 Å². The number of amides is 1. The van der Waals surface area contributed by atoms with Crippen LogP contribution in [0.4, 0.5) is 5.69 Å². The first kappa shape index (κ1) is 16.8. The molecule has 0 saturated heterocycles. The fraction of sp³-hybridized carbons (Fsp3) is 0.300. The Hall–Kier alpha value is -2.60. The predicted molar refractivity (Wildman–Crippen MR) is 93.7 cm³/mol. The van der Waals surface area contributed by atoms with E-state index in [0.717, 1.165) is 11.1 Å². The number of rotatable bonds is 3. The first-order valence-electron chi connectivity index (χ1n) is 7.70. The van der Waals surface area contributed by atoms with Crippen LogP contribution in [-0.4, -0.2) is 5.91 Å². The number of nitrogens with one attached hydrogen (secondary N) is 1. The van der Waals surface area contributed by atoms with Crippen LogP contribution >= 0.6 is 0 Å². The van der Waals surface area contributed by atoms with Crippen molar-refractivity contribution >= 4 is 11.6 Å². The van der Waals surface area contributed by atoms with Crippen LogP contribution in [0.15, 0.2) is 48.5 Å². The predicted octanol–water partition coefficient (Wildman–Crippen LogP) is 5.03. The average Bonchev–Trinajstić information content (AvgIpc) is 2.54. The molecule has 0 saturated carbocycles. The van der Waals surface area contributed by atoms with E-state index in [9.17, 15) is 4.79 Å². The zero-order chi connectivity index (χ0) is 17.0. The third-order valence-electron chi connectivity index (χ3n) is 3.83. The van der Waals surface area contributed by atoms with Crippen LogP contribution in [0.1, 0.15) is 55.2 Å². The molecule has 2 rings (SSSR count). The summed E-state index contributed by atoms with van der Waals surface area (Å²) in [6.07, 6.45) is 0. The fourth-order valence-electron chi connectivity index (χ4n) is 2.48. The molecular formula is C20H22N2O. The number of carbonyl (C=O) groups excluding carboxylic acids is 1. The van der Waals surface area contributed by atoms with Crippen LogP contribution in [0, 0.1) is 6.57 Å². The third-order valence-corrected chi connectivity index (χ3v) is 3.83. The number of carbonyl (C=O) groups is 1. The van der Waals surface area contributed by atoms with E-state index < -0.39 is 0 Å². The van der Waals surface area contributed by atoms with Crippen molar-refractivity contribution in [1.29, 1.82) is 0 Å². The Bertz CT molecular complexity index is 736. The summed E-state index contributed by atoms with van der Waals surface area (Å²) >= 11 is 0. The van der Waals surface area contributed by atoms with Gasteiger partial charge in [0.25, 0.3) is 5.91 Å². The monoisotopic (exact) mass is 306 g/mol. The van der Waals surface area contributed by atoms with E-state index in [2.05, 4.69) is 10.2 Å². The summed E-state index contributed by atoms with van der Waals surface area (Å²) in [6, 6.07) is 15.1. The van der Waals surface area contributed by atoms with Crippen molar-refractivity contribution in [2.24, 2.45) is 0 Å². The Balaban J connectivity index is 2.25. The minimum atomic E-state index is -0.179. The lowest BCUT2D eigenvalue weighted by molar-refractivity contribution is 0.0940. The maximum atomic E-state index is 12.5. The standard InChI is InChI=1S/C20H22N2O/c1-14(15-9-7-6-8-10-15)22-19(23)16-11-12-18(21-5)17(13-16)20(2,3)4/h6-14H,1-4H3,(H,22,23)/t14-/m1/s1. The van der Waals surface area contributed by atoms with E-state index in [1.807, 2.05) is 64.1 Å². The Labute approximate surface area is 138 Å². The summed E-state index contributed by atoms with van der Waals surface area (Å²) in [7, 11) is 0. The molecule has 1 N–H and O–H groups in total. The highest BCUT2D eigenvalue weighted by atomic mass is 16.1. The lowest BCUT2D eigenvalue weighted by atomic mass is 9.85. The molecule has 1 atom stereocenters. The topological polar surface area (TPSA) is 33.5 Å². The van der Waals surface area contributed by atoms with Gasteiger partial charge in [0.1, 0.15) is 0 Å². The normalized spacial score (nSPS) is 12.3. The van der Waals surface area contributed by atoms with Crippen LogP contribution in [0.5, 0.6) is 0 Å². The van der Waals surface area contributed by atoms with Crippen molar-refractivity contribution in [2.45, 2.75) is 39.2 Å². The fourth-order valence-corrected chi connectivity index (χ4v) is 2.48. The minimum absolute atomic E-state index is 0.0673. The van der Waals surface area contributed by atoms with Crippen molar-refractivity contribution in [1.82, 2.24) is 5.32 Å². The molecule has 0 spiro atoms. The van der Waals surface area contributed by atoms with E-state index in [4.69, 9.17) is 6.57 Å². The van der Waals surface area contributed by atoms with Gasteiger partial charge in [0, 0.05) is 5.56 Å². The molecule has 23 heavy (non-hydrogen) atoms. The van der Waals surface area contributed by atoms with Crippen molar-refractivity contribution in [2.75, 3.05) is 0 Å². The Kier molecular flexibility index (Phi) is 4.86. The maximum absolute atomic E-state index is 12.5. The van der Waals surface area contributed by atoms with Crippen molar-refractivity contribution in [3.8, 4) is 0 Å². The number of benzene rings is 2. The zero-order valence-electron chi connectivity index (χ0n) is 14.1. The van der Waals surface area contributed by atoms with Gasteiger partial charge in [-0.2, -0.15) is 0 Å². The van der Waals surface area contributed by atoms with Crippen LogP contribution < -0.4 is 5.32 Å². The molecule has 2 aromatic carbocycles. The van der Waals surface area contributed by atoms with Crippen LogP contribution in [-0.2, 0) is 5.41 Å². The summed E-state index contributed by atoms with van der Waals surface area (Å²) in [5, 5.41) is 3.01. The quantitative estimate of drug-likeness (QED) is 0.793. The molecule has 0 aliphatic carbocycles. The average molecular weight is 306 g/mol. The van der Waals surface area contributed by atoms with Gasteiger partial charge in [-0.3, -0.25) is 4.79 Å². The zero-order valence-corrected chi connectivity index (χ0v) is 14.1. The highest BCUT2D eigenvalue weighted by Crippen LogP contribution is 2.32. The van der Waals surface area contributed by atoms with E-state index in [1.165, 1.54) is 0 Å². The highest BCUT2D eigenvalue weighted by Gasteiger charge is 2.20. The van der Waals surface area contributed by atoms with E-state index in [1.54, 1.807) is 12.1 Å². The van der Waals surface area contributed by atoms with Crippen molar-refractivity contribution in [3.05, 3.63) is 76.6 Å². The van der Waals surface area contributed by atoms with Crippen LogP contribution in [0.2, 0.25) is 0 Å². The number of nitrogens with zero attached hydrogens (tertiary/aromatic N) is 1. The first-order chi connectivity index (χ1) is 10.8. The molecule has 118 valence electrons. The summed E-state index contributed by atoms with van der Waals surface area (Å²) < 4.78 is 0. The second-order valence-corrected chi connectivity index (χ2v) is 6.70.